The van der Waals surface area contributed by atoms with Gasteiger partial charge in [-0.2, -0.15) is 5.26 Å². The normalized spacial score (nSPS) is 15.6. The van der Waals surface area contributed by atoms with Crippen LogP contribution in [0.15, 0.2) is 30.0 Å². The summed E-state index contributed by atoms with van der Waals surface area (Å²) in [5.74, 6) is 0.0130. The Bertz CT molecular complexity index is 684. The van der Waals surface area contributed by atoms with Gasteiger partial charge >= 0.3 is 0 Å². The van der Waals surface area contributed by atoms with Gasteiger partial charge in [0.25, 0.3) is 5.91 Å². The monoisotopic (exact) mass is 355 g/mol. The van der Waals surface area contributed by atoms with Crippen molar-refractivity contribution in [2.45, 2.75) is 26.7 Å². The van der Waals surface area contributed by atoms with Crippen LogP contribution in [0.4, 0.5) is 5.69 Å². The summed E-state index contributed by atoms with van der Waals surface area (Å²) in [6.07, 6.45) is 1.51. The van der Waals surface area contributed by atoms with Crippen LogP contribution in [0, 0.1) is 18.3 Å². The van der Waals surface area contributed by atoms with Crippen molar-refractivity contribution in [1.82, 2.24) is 15.5 Å². The minimum atomic E-state index is -0.338. The number of benzene rings is 1. The van der Waals surface area contributed by atoms with Gasteiger partial charge in [0.15, 0.2) is 0 Å². The molecule has 3 N–H and O–H groups in total. The standard InChI is InChI=1S/C20H29N5O/c1-15(2)18-6-4-5-16(3)19(18)24-14-17(13-21)20(26)23-9-12-25-10-7-22-8-11-25/h4-6,14-15,22,24H,7-12H2,1-3H3,(H,23,26)/b17-14-. The smallest absolute Gasteiger partial charge is 0.263 e. The lowest BCUT2D eigenvalue weighted by molar-refractivity contribution is -0.117. The second-order valence-corrected chi connectivity index (χ2v) is 6.86. The molecule has 140 valence electrons. The second kappa shape index (κ2) is 9.95. The highest BCUT2D eigenvalue weighted by Crippen LogP contribution is 2.27. The average molecular weight is 355 g/mol. The van der Waals surface area contributed by atoms with Crippen molar-refractivity contribution >= 4 is 11.6 Å². The molecule has 1 aromatic carbocycles. The molecule has 0 unspecified atom stereocenters. The Balaban J connectivity index is 1.95. The van der Waals surface area contributed by atoms with E-state index in [-0.39, 0.29) is 11.5 Å². The van der Waals surface area contributed by atoms with Crippen LogP contribution in [-0.4, -0.2) is 50.1 Å². The van der Waals surface area contributed by atoms with Gasteiger partial charge in [0.1, 0.15) is 11.6 Å². The molecule has 6 nitrogen and oxygen atoms in total. The number of para-hydroxylation sites is 1. The van der Waals surface area contributed by atoms with Gasteiger partial charge in [-0.1, -0.05) is 32.0 Å². The average Bonchev–Trinajstić information content (AvgIpc) is 2.64. The Kier molecular flexibility index (Phi) is 7.64. The van der Waals surface area contributed by atoms with Gasteiger partial charge in [0, 0.05) is 51.2 Å². The number of hydrogen-bond acceptors (Lipinski definition) is 5. The van der Waals surface area contributed by atoms with Crippen LogP contribution in [0.5, 0.6) is 0 Å². The van der Waals surface area contributed by atoms with Gasteiger partial charge in [0.05, 0.1) is 0 Å². The molecule has 0 bridgehead atoms. The molecule has 0 spiro atoms. The number of nitrogens with one attached hydrogen (secondary N) is 3. The van der Waals surface area contributed by atoms with E-state index < -0.39 is 0 Å². The number of nitriles is 1. The van der Waals surface area contributed by atoms with Crippen LogP contribution in [0.25, 0.3) is 0 Å². The van der Waals surface area contributed by atoms with Crippen LogP contribution in [0.3, 0.4) is 0 Å². The molecule has 26 heavy (non-hydrogen) atoms. The summed E-state index contributed by atoms with van der Waals surface area (Å²) in [7, 11) is 0. The molecule has 1 aliphatic heterocycles. The first-order chi connectivity index (χ1) is 12.5. The molecule has 1 amide bonds. The number of piperazine rings is 1. The summed E-state index contributed by atoms with van der Waals surface area (Å²) in [6.45, 7) is 11.5. The third-order valence-electron chi connectivity index (χ3n) is 4.58. The van der Waals surface area contributed by atoms with E-state index in [0.717, 1.165) is 49.5 Å². The lowest BCUT2D eigenvalue weighted by Gasteiger charge is -2.27. The number of rotatable bonds is 7. The summed E-state index contributed by atoms with van der Waals surface area (Å²) in [5, 5.41) is 18.6. The highest BCUT2D eigenvalue weighted by molar-refractivity contribution is 5.97. The van der Waals surface area contributed by atoms with Crippen molar-refractivity contribution in [2.24, 2.45) is 0 Å². The molecular formula is C20H29N5O. The lowest BCUT2D eigenvalue weighted by Crippen LogP contribution is -2.46. The van der Waals surface area contributed by atoms with Gasteiger partial charge < -0.3 is 16.0 Å². The van der Waals surface area contributed by atoms with Crippen LogP contribution in [0.1, 0.15) is 30.9 Å². The summed E-state index contributed by atoms with van der Waals surface area (Å²) < 4.78 is 0. The fourth-order valence-corrected chi connectivity index (χ4v) is 3.02. The molecule has 1 aliphatic rings. The highest BCUT2D eigenvalue weighted by atomic mass is 16.1. The van der Waals surface area contributed by atoms with E-state index in [9.17, 15) is 10.1 Å². The van der Waals surface area contributed by atoms with Crippen LogP contribution < -0.4 is 16.0 Å². The summed E-state index contributed by atoms with van der Waals surface area (Å²) >= 11 is 0. The van der Waals surface area contributed by atoms with Crippen LogP contribution >= 0.6 is 0 Å². The second-order valence-electron chi connectivity index (χ2n) is 6.86. The van der Waals surface area contributed by atoms with Crippen molar-refractivity contribution in [1.29, 1.82) is 5.26 Å². The third-order valence-corrected chi connectivity index (χ3v) is 4.58. The predicted molar refractivity (Wildman–Crippen MR) is 105 cm³/mol. The zero-order chi connectivity index (χ0) is 18.9. The highest BCUT2D eigenvalue weighted by Gasteiger charge is 2.13. The molecule has 2 rings (SSSR count). The molecule has 0 radical (unpaired) electrons. The van der Waals surface area contributed by atoms with Crippen molar-refractivity contribution in [2.75, 3.05) is 44.6 Å². The number of carbonyl (C=O) groups is 1. The first-order valence-corrected chi connectivity index (χ1v) is 9.20. The zero-order valence-corrected chi connectivity index (χ0v) is 15.9. The summed E-state index contributed by atoms with van der Waals surface area (Å²) in [5.41, 5.74) is 3.30. The summed E-state index contributed by atoms with van der Waals surface area (Å²) in [6, 6.07) is 8.09. The van der Waals surface area contributed by atoms with Crippen molar-refractivity contribution in [3.8, 4) is 6.07 Å². The van der Waals surface area contributed by atoms with Crippen molar-refractivity contribution in [3.05, 3.63) is 41.1 Å². The molecular weight excluding hydrogens is 326 g/mol. The molecule has 0 aromatic heterocycles. The maximum Gasteiger partial charge on any atom is 0.263 e. The maximum atomic E-state index is 12.3. The third kappa shape index (κ3) is 5.58. The Labute approximate surface area is 156 Å². The first-order valence-electron chi connectivity index (χ1n) is 9.20. The van der Waals surface area contributed by atoms with Crippen molar-refractivity contribution < 1.29 is 4.79 Å². The molecule has 0 aliphatic carbocycles. The minimum Gasteiger partial charge on any atom is -0.360 e. The van der Waals surface area contributed by atoms with E-state index in [1.807, 2.05) is 25.1 Å². The van der Waals surface area contributed by atoms with Crippen molar-refractivity contribution in [3.63, 3.8) is 0 Å². The largest absolute Gasteiger partial charge is 0.360 e. The molecule has 1 fully saturated rings. The van der Waals surface area contributed by atoms with E-state index in [0.29, 0.717) is 12.5 Å². The molecule has 1 aromatic rings. The van der Waals surface area contributed by atoms with E-state index in [4.69, 9.17) is 0 Å². The fraction of sp³-hybridized carbons (Fsp3) is 0.500. The topological polar surface area (TPSA) is 80.2 Å². The SMILES string of the molecule is Cc1cccc(C(C)C)c1N/C=C(/C#N)C(=O)NCCN1CCNCC1. The number of anilines is 1. The number of carbonyl (C=O) groups excluding carboxylic acids is 1. The molecule has 6 heteroatoms. The Morgan fingerprint density at radius 1 is 1.38 bits per heavy atom. The first kappa shape index (κ1) is 20.0. The Morgan fingerprint density at radius 3 is 2.77 bits per heavy atom. The van der Waals surface area contributed by atoms with Gasteiger partial charge in [-0.3, -0.25) is 9.69 Å². The molecule has 1 heterocycles. The van der Waals surface area contributed by atoms with Crippen LogP contribution in [0.2, 0.25) is 0 Å². The minimum absolute atomic E-state index is 0.0864. The fourth-order valence-electron chi connectivity index (χ4n) is 3.02. The molecule has 0 atom stereocenters. The van der Waals surface area contributed by atoms with E-state index in [2.05, 4.69) is 40.8 Å². The van der Waals surface area contributed by atoms with E-state index in [1.165, 1.54) is 6.20 Å². The number of aryl methyl sites for hydroxylation is 1. The van der Waals surface area contributed by atoms with Gasteiger partial charge in [-0.25, -0.2) is 0 Å². The lowest BCUT2D eigenvalue weighted by atomic mass is 9.98. The van der Waals surface area contributed by atoms with Gasteiger partial charge in [0.2, 0.25) is 0 Å². The summed E-state index contributed by atoms with van der Waals surface area (Å²) in [4.78, 5) is 14.6. The maximum absolute atomic E-state index is 12.3. The van der Waals surface area contributed by atoms with Crippen LogP contribution in [-0.2, 0) is 4.79 Å². The number of nitrogens with zero attached hydrogens (tertiary/aromatic N) is 2. The Morgan fingerprint density at radius 2 is 2.12 bits per heavy atom. The van der Waals surface area contributed by atoms with E-state index >= 15 is 0 Å². The van der Waals surface area contributed by atoms with Gasteiger partial charge in [-0.05, 0) is 24.0 Å². The Hall–Kier alpha value is -2.36. The van der Waals surface area contributed by atoms with Gasteiger partial charge in [-0.15, -0.1) is 0 Å². The van der Waals surface area contributed by atoms with E-state index in [1.54, 1.807) is 0 Å². The molecule has 1 saturated heterocycles. The zero-order valence-electron chi connectivity index (χ0n) is 15.9. The number of amides is 1. The quantitative estimate of drug-likeness (QED) is 0.515. The predicted octanol–water partition coefficient (Wildman–Crippen LogP) is 1.96. The molecule has 0 saturated carbocycles. The number of hydrogen-bond donors (Lipinski definition) is 3.